The molecule has 21 heavy (non-hydrogen) atoms. The molecule has 0 amide bonds. The van der Waals surface area contributed by atoms with Crippen molar-refractivity contribution in [1.29, 1.82) is 0 Å². The van der Waals surface area contributed by atoms with Gasteiger partial charge in [-0.15, -0.1) is 0 Å². The van der Waals surface area contributed by atoms with Crippen molar-refractivity contribution >= 4 is 15.9 Å². The monoisotopic (exact) mass is 346 g/mol. The zero-order valence-electron chi connectivity index (χ0n) is 12.3. The van der Waals surface area contributed by atoms with Gasteiger partial charge in [0.15, 0.2) is 0 Å². The fraction of sp³-hybridized carbons (Fsp3) is 0.333. The third kappa shape index (κ3) is 3.47. The summed E-state index contributed by atoms with van der Waals surface area (Å²) in [7, 11) is 2.18. The van der Waals surface area contributed by atoms with Crippen molar-refractivity contribution < 1.29 is 10.0 Å². The maximum absolute atomic E-state index is 10.2. The van der Waals surface area contributed by atoms with Gasteiger partial charge in [0.1, 0.15) is 18.8 Å². The van der Waals surface area contributed by atoms with Crippen LogP contribution in [0.5, 0.6) is 5.75 Å². The Kier molecular flexibility index (Phi) is 4.32. The Labute approximate surface area is 134 Å². The number of halogens is 1. The number of phenolic OH excluding ortho intramolecular Hbond substituents is 1. The molecule has 0 heterocycles. The molecule has 0 saturated carbocycles. The highest BCUT2D eigenvalue weighted by Gasteiger charge is 2.16. The van der Waals surface area contributed by atoms with E-state index in [1.807, 2.05) is 6.07 Å². The summed E-state index contributed by atoms with van der Waals surface area (Å²) in [6.45, 7) is 1.82. The Morgan fingerprint density at radius 2 is 1.71 bits per heavy atom. The van der Waals surface area contributed by atoms with Gasteiger partial charge < -0.3 is 10.0 Å². The van der Waals surface area contributed by atoms with E-state index >= 15 is 0 Å². The van der Waals surface area contributed by atoms with Crippen molar-refractivity contribution in [3.05, 3.63) is 63.1 Å². The van der Waals surface area contributed by atoms with Gasteiger partial charge in [0.25, 0.3) is 0 Å². The number of benzene rings is 2. The lowest BCUT2D eigenvalue weighted by molar-refractivity contribution is -0.907. The maximum Gasteiger partial charge on any atom is 0.124 e. The molecule has 1 aliphatic carbocycles. The van der Waals surface area contributed by atoms with E-state index < -0.39 is 0 Å². The minimum Gasteiger partial charge on any atom is -0.507 e. The summed E-state index contributed by atoms with van der Waals surface area (Å²) >= 11 is 3.46. The molecule has 3 heteroatoms. The van der Waals surface area contributed by atoms with Gasteiger partial charge >= 0.3 is 0 Å². The lowest BCUT2D eigenvalue weighted by atomic mass is 10.0. The molecule has 0 aliphatic heterocycles. The topological polar surface area (TPSA) is 24.7 Å². The molecule has 1 aliphatic rings. The van der Waals surface area contributed by atoms with E-state index in [1.165, 1.54) is 28.0 Å². The van der Waals surface area contributed by atoms with Crippen LogP contribution in [0.4, 0.5) is 0 Å². The number of rotatable bonds is 4. The van der Waals surface area contributed by atoms with Crippen LogP contribution >= 0.6 is 15.9 Å². The quantitative estimate of drug-likeness (QED) is 0.874. The molecule has 3 rings (SSSR count). The standard InChI is InChI=1S/C18H20BrNO/c1-20(11-13-5-7-17(19)8-6-13)12-16-9-14-3-2-4-15(14)10-18(16)21/h5-10,21H,2-4,11-12H2,1H3/p+1. The van der Waals surface area contributed by atoms with E-state index in [0.717, 1.165) is 36.0 Å². The number of quaternary nitrogens is 1. The number of aromatic hydroxyl groups is 1. The van der Waals surface area contributed by atoms with Crippen molar-refractivity contribution in [2.45, 2.75) is 32.4 Å². The van der Waals surface area contributed by atoms with Crippen molar-refractivity contribution in [3.8, 4) is 5.75 Å². The van der Waals surface area contributed by atoms with Gasteiger partial charge in [-0.25, -0.2) is 0 Å². The Bertz CT molecular complexity index is 636. The molecule has 110 valence electrons. The number of aryl methyl sites for hydroxylation is 2. The van der Waals surface area contributed by atoms with E-state index in [1.54, 1.807) is 0 Å². The molecule has 0 aromatic heterocycles. The third-order valence-electron chi connectivity index (χ3n) is 4.20. The maximum atomic E-state index is 10.2. The molecular formula is C18H21BrNO+. The van der Waals surface area contributed by atoms with Crippen molar-refractivity contribution in [2.24, 2.45) is 0 Å². The fourth-order valence-electron chi connectivity index (χ4n) is 3.14. The highest BCUT2D eigenvalue weighted by Crippen LogP contribution is 2.28. The van der Waals surface area contributed by atoms with Gasteiger partial charge in [-0.3, -0.25) is 0 Å². The third-order valence-corrected chi connectivity index (χ3v) is 4.73. The van der Waals surface area contributed by atoms with Crippen LogP contribution in [0.2, 0.25) is 0 Å². The summed E-state index contributed by atoms with van der Waals surface area (Å²) in [6, 6.07) is 12.6. The number of phenols is 1. The molecule has 1 atom stereocenters. The van der Waals surface area contributed by atoms with Crippen LogP contribution in [0.1, 0.15) is 28.7 Å². The van der Waals surface area contributed by atoms with E-state index in [4.69, 9.17) is 0 Å². The molecule has 2 N–H and O–H groups in total. The Morgan fingerprint density at radius 1 is 1.05 bits per heavy atom. The Hall–Kier alpha value is -1.32. The summed E-state index contributed by atoms with van der Waals surface area (Å²) < 4.78 is 1.11. The Morgan fingerprint density at radius 3 is 2.43 bits per heavy atom. The van der Waals surface area contributed by atoms with E-state index in [9.17, 15) is 5.11 Å². The summed E-state index contributed by atoms with van der Waals surface area (Å²) in [6.07, 6.45) is 3.50. The van der Waals surface area contributed by atoms with Crippen LogP contribution in [-0.4, -0.2) is 12.2 Å². The average Bonchev–Trinajstić information content (AvgIpc) is 2.89. The van der Waals surface area contributed by atoms with Crippen LogP contribution in [0, 0.1) is 0 Å². The zero-order valence-corrected chi connectivity index (χ0v) is 13.9. The summed E-state index contributed by atoms with van der Waals surface area (Å²) in [5.74, 6) is 0.464. The first-order valence-electron chi connectivity index (χ1n) is 7.51. The molecule has 0 saturated heterocycles. The highest BCUT2D eigenvalue weighted by atomic mass is 79.9. The SMILES string of the molecule is C[NH+](Cc1ccc(Br)cc1)Cc1cc2c(cc1O)CCC2. The van der Waals surface area contributed by atoms with E-state index in [2.05, 4.69) is 53.3 Å². The van der Waals surface area contributed by atoms with Crippen LogP contribution in [0.15, 0.2) is 40.9 Å². The first kappa shape index (κ1) is 14.6. The minimum absolute atomic E-state index is 0.464. The number of nitrogens with one attached hydrogen (secondary N) is 1. The number of hydrogen-bond acceptors (Lipinski definition) is 1. The molecule has 0 fully saturated rings. The highest BCUT2D eigenvalue weighted by molar-refractivity contribution is 9.10. The van der Waals surface area contributed by atoms with Gasteiger partial charge in [-0.1, -0.05) is 28.1 Å². The van der Waals surface area contributed by atoms with Crippen LogP contribution in [0.25, 0.3) is 0 Å². The van der Waals surface area contributed by atoms with Crippen molar-refractivity contribution in [3.63, 3.8) is 0 Å². The van der Waals surface area contributed by atoms with Gasteiger partial charge in [0, 0.05) is 15.6 Å². The van der Waals surface area contributed by atoms with Crippen LogP contribution in [-0.2, 0) is 25.9 Å². The summed E-state index contributed by atoms with van der Waals surface area (Å²) in [5, 5.41) is 10.2. The second-order valence-corrected chi connectivity index (χ2v) is 6.96. The first-order chi connectivity index (χ1) is 10.1. The average molecular weight is 347 g/mol. The lowest BCUT2D eigenvalue weighted by Gasteiger charge is -2.16. The smallest absolute Gasteiger partial charge is 0.124 e. The fourth-order valence-corrected chi connectivity index (χ4v) is 3.41. The summed E-state index contributed by atoms with van der Waals surface area (Å²) in [5.41, 5.74) is 5.16. The molecule has 2 nitrogen and oxygen atoms in total. The number of fused-ring (bicyclic) bond motifs is 1. The van der Waals surface area contributed by atoms with Gasteiger partial charge in [-0.05, 0) is 54.7 Å². The molecule has 0 spiro atoms. The van der Waals surface area contributed by atoms with Gasteiger partial charge in [-0.2, -0.15) is 0 Å². The predicted octanol–water partition coefficient (Wildman–Crippen LogP) is 2.86. The normalized spacial score (nSPS) is 15.0. The zero-order chi connectivity index (χ0) is 14.8. The molecule has 1 unspecified atom stereocenters. The molecule has 0 bridgehead atoms. The molecule has 2 aromatic rings. The summed E-state index contributed by atoms with van der Waals surface area (Å²) in [4.78, 5) is 1.38. The van der Waals surface area contributed by atoms with Crippen molar-refractivity contribution in [1.82, 2.24) is 0 Å². The van der Waals surface area contributed by atoms with Gasteiger partial charge in [0.05, 0.1) is 7.05 Å². The second kappa shape index (κ2) is 6.20. The van der Waals surface area contributed by atoms with E-state index in [-0.39, 0.29) is 0 Å². The minimum atomic E-state index is 0.464. The molecule has 0 radical (unpaired) electrons. The molecular weight excluding hydrogens is 326 g/mol. The largest absolute Gasteiger partial charge is 0.507 e. The number of hydrogen-bond donors (Lipinski definition) is 2. The van der Waals surface area contributed by atoms with Gasteiger partial charge in [0.2, 0.25) is 0 Å². The second-order valence-electron chi connectivity index (χ2n) is 6.04. The van der Waals surface area contributed by atoms with Crippen molar-refractivity contribution in [2.75, 3.05) is 7.05 Å². The Balaban J connectivity index is 1.70. The molecule has 2 aromatic carbocycles. The lowest BCUT2D eigenvalue weighted by Crippen LogP contribution is -3.06. The predicted molar refractivity (Wildman–Crippen MR) is 88.6 cm³/mol. The first-order valence-corrected chi connectivity index (χ1v) is 8.30. The van der Waals surface area contributed by atoms with Crippen LogP contribution < -0.4 is 4.90 Å². The van der Waals surface area contributed by atoms with E-state index in [0.29, 0.717) is 5.75 Å². The van der Waals surface area contributed by atoms with Crippen LogP contribution in [0.3, 0.4) is 0 Å².